The quantitative estimate of drug-likeness (QED) is 0.897. The van der Waals surface area contributed by atoms with E-state index in [1.807, 2.05) is 4.68 Å². The van der Waals surface area contributed by atoms with Gasteiger partial charge in [0.2, 0.25) is 0 Å². The lowest BCUT2D eigenvalue weighted by molar-refractivity contribution is 0.275. The molecule has 0 unspecified atom stereocenters. The zero-order valence-electron chi connectivity index (χ0n) is 11.8. The summed E-state index contributed by atoms with van der Waals surface area (Å²) in [5.41, 5.74) is 3.98. The summed E-state index contributed by atoms with van der Waals surface area (Å²) in [5, 5.41) is 17.6. The van der Waals surface area contributed by atoms with Crippen molar-refractivity contribution < 1.29 is 5.11 Å². The van der Waals surface area contributed by atoms with E-state index >= 15 is 0 Å². The highest BCUT2D eigenvalue weighted by atomic mass is 16.3. The summed E-state index contributed by atoms with van der Waals surface area (Å²) < 4.78 is 1.84. The Morgan fingerprint density at radius 2 is 1.89 bits per heavy atom. The molecule has 0 aliphatic carbocycles. The number of aryl methyl sites for hydroxylation is 1. The van der Waals surface area contributed by atoms with Gasteiger partial charge in [0.05, 0.1) is 18.0 Å². The Hall–Kier alpha value is -1.68. The molecule has 4 nitrogen and oxygen atoms in total. The first-order valence-corrected chi connectivity index (χ1v) is 6.79. The molecule has 0 aliphatic rings. The summed E-state index contributed by atoms with van der Waals surface area (Å²) >= 11 is 0. The normalized spacial score (nSPS) is 11.2. The summed E-state index contributed by atoms with van der Waals surface area (Å²) in [6, 6.07) is 8.32. The minimum absolute atomic E-state index is 0.0604. The van der Waals surface area contributed by atoms with Crippen LogP contribution in [0.5, 0.6) is 0 Å². The van der Waals surface area contributed by atoms with Crippen molar-refractivity contribution in [1.29, 1.82) is 0 Å². The van der Waals surface area contributed by atoms with Crippen LogP contribution in [0.25, 0.3) is 5.69 Å². The first-order valence-electron chi connectivity index (χ1n) is 6.79. The van der Waals surface area contributed by atoms with Gasteiger partial charge in [0.25, 0.3) is 0 Å². The van der Waals surface area contributed by atoms with Crippen molar-refractivity contribution in [2.75, 3.05) is 0 Å². The number of aliphatic hydroxyl groups excluding tert-OH is 1. The van der Waals surface area contributed by atoms with Gasteiger partial charge in [0.1, 0.15) is 5.69 Å². The van der Waals surface area contributed by atoms with Crippen LogP contribution < -0.4 is 0 Å². The fraction of sp³-hybridized carbons (Fsp3) is 0.467. The number of hydrogen-bond donors (Lipinski definition) is 1. The Balaban J connectivity index is 2.39. The molecular weight excluding hydrogens is 238 g/mol. The van der Waals surface area contributed by atoms with Crippen molar-refractivity contribution in [2.24, 2.45) is 5.92 Å². The molecule has 0 saturated carbocycles. The van der Waals surface area contributed by atoms with E-state index in [0.29, 0.717) is 11.6 Å². The summed E-state index contributed by atoms with van der Waals surface area (Å²) in [6.07, 6.45) is 1.89. The second-order valence-electron chi connectivity index (χ2n) is 5.17. The van der Waals surface area contributed by atoms with Crippen molar-refractivity contribution in [3.8, 4) is 5.69 Å². The summed E-state index contributed by atoms with van der Waals surface area (Å²) in [4.78, 5) is 0. The van der Waals surface area contributed by atoms with E-state index in [0.717, 1.165) is 24.2 Å². The lowest BCUT2D eigenvalue weighted by Crippen LogP contribution is -2.07. The summed E-state index contributed by atoms with van der Waals surface area (Å²) in [6.45, 7) is 6.38. The minimum atomic E-state index is -0.0604. The van der Waals surface area contributed by atoms with Gasteiger partial charge < -0.3 is 5.11 Å². The van der Waals surface area contributed by atoms with Crippen molar-refractivity contribution in [2.45, 2.75) is 40.2 Å². The van der Waals surface area contributed by atoms with Crippen molar-refractivity contribution in [3.05, 3.63) is 41.2 Å². The SMILES string of the molecule is CCc1ccc(-n2nnc(CO)c2CC(C)C)cc1. The average molecular weight is 259 g/mol. The van der Waals surface area contributed by atoms with Gasteiger partial charge >= 0.3 is 0 Å². The van der Waals surface area contributed by atoms with E-state index in [-0.39, 0.29) is 6.61 Å². The summed E-state index contributed by atoms with van der Waals surface area (Å²) in [7, 11) is 0. The smallest absolute Gasteiger partial charge is 0.112 e. The van der Waals surface area contributed by atoms with Crippen LogP contribution in [0.2, 0.25) is 0 Å². The Labute approximate surface area is 114 Å². The average Bonchev–Trinajstić information content (AvgIpc) is 2.81. The van der Waals surface area contributed by atoms with Crippen LogP contribution in [-0.2, 0) is 19.4 Å². The molecule has 1 N–H and O–H groups in total. The molecule has 0 saturated heterocycles. The van der Waals surface area contributed by atoms with Gasteiger partial charge in [-0.3, -0.25) is 0 Å². The van der Waals surface area contributed by atoms with Gasteiger partial charge in [-0.2, -0.15) is 0 Å². The molecule has 102 valence electrons. The second kappa shape index (κ2) is 5.97. The van der Waals surface area contributed by atoms with Gasteiger partial charge in [-0.15, -0.1) is 5.10 Å². The molecule has 2 aromatic rings. The second-order valence-corrected chi connectivity index (χ2v) is 5.17. The van der Waals surface area contributed by atoms with Crippen LogP contribution in [0.3, 0.4) is 0 Å². The maximum absolute atomic E-state index is 9.36. The van der Waals surface area contributed by atoms with Crippen molar-refractivity contribution in [3.63, 3.8) is 0 Å². The lowest BCUT2D eigenvalue weighted by atomic mass is 10.1. The predicted octanol–water partition coefficient (Wildman–Crippen LogP) is 2.52. The van der Waals surface area contributed by atoms with E-state index in [9.17, 15) is 5.11 Å². The highest BCUT2D eigenvalue weighted by Crippen LogP contribution is 2.17. The number of nitrogens with zero attached hydrogens (tertiary/aromatic N) is 3. The molecule has 2 rings (SSSR count). The molecule has 19 heavy (non-hydrogen) atoms. The monoisotopic (exact) mass is 259 g/mol. The Kier molecular flexibility index (Phi) is 4.32. The van der Waals surface area contributed by atoms with E-state index in [1.165, 1.54) is 5.56 Å². The topological polar surface area (TPSA) is 50.9 Å². The number of benzene rings is 1. The third kappa shape index (κ3) is 3.01. The number of hydrogen-bond acceptors (Lipinski definition) is 3. The molecule has 1 heterocycles. The molecule has 0 bridgehead atoms. The predicted molar refractivity (Wildman–Crippen MR) is 75.2 cm³/mol. The van der Waals surface area contributed by atoms with E-state index in [1.54, 1.807) is 0 Å². The number of rotatable bonds is 5. The highest BCUT2D eigenvalue weighted by Gasteiger charge is 2.14. The van der Waals surface area contributed by atoms with E-state index in [4.69, 9.17) is 0 Å². The Bertz CT molecular complexity index is 529. The maximum atomic E-state index is 9.36. The Morgan fingerprint density at radius 1 is 1.21 bits per heavy atom. The number of aromatic nitrogens is 3. The lowest BCUT2D eigenvalue weighted by Gasteiger charge is -2.10. The minimum Gasteiger partial charge on any atom is -0.390 e. The molecule has 1 aromatic heterocycles. The largest absolute Gasteiger partial charge is 0.390 e. The highest BCUT2D eigenvalue weighted by molar-refractivity contribution is 5.36. The van der Waals surface area contributed by atoms with Gasteiger partial charge in [-0.1, -0.05) is 38.1 Å². The molecular formula is C15H21N3O. The van der Waals surface area contributed by atoms with Gasteiger partial charge in [-0.05, 0) is 36.5 Å². The zero-order valence-corrected chi connectivity index (χ0v) is 11.8. The van der Waals surface area contributed by atoms with Crippen molar-refractivity contribution in [1.82, 2.24) is 15.0 Å². The van der Waals surface area contributed by atoms with Crippen LogP contribution in [0.1, 0.15) is 37.7 Å². The van der Waals surface area contributed by atoms with Crippen molar-refractivity contribution >= 4 is 0 Å². The third-order valence-electron chi connectivity index (χ3n) is 3.18. The molecule has 0 amide bonds. The fourth-order valence-electron chi connectivity index (χ4n) is 2.13. The maximum Gasteiger partial charge on any atom is 0.112 e. The zero-order chi connectivity index (χ0) is 13.8. The van der Waals surface area contributed by atoms with E-state index < -0.39 is 0 Å². The van der Waals surface area contributed by atoms with Gasteiger partial charge in [-0.25, -0.2) is 4.68 Å². The molecule has 1 aromatic carbocycles. The summed E-state index contributed by atoms with van der Waals surface area (Å²) in [5.74, 6) is 0.498. The van der Waals surface area contributed by atoms with Gasteiger partial charge in [0, 0.05) is 0 Å². The van der Waals surface area contributed by atoms with E-state index in [2.05, 4.69) is 55.3 Å². The molecule has 0 radical (unpaired) electrons. The van der Waals surface area contributed by atoms with Crippen LogP contribution in [0.4, 0.5) is 0 Å². The molecule has 0 aliphatic heterocycles. The fourth-order valence-corrected chi connectivity index (χ4v) is 2.13. The van der Waals surface area contributed by atoms with Crippen LogP contribution >= 0.6 is 0 Å². The first-order chi connectivity index (χ1) is 9.15. The molecule has 4 heteroatoms. The van der Waals surface area contributed by atoms with Crippen LogP contribution in [-0.4, -0.2) is 20.1 Å². The van der Waals surface area contributed by atoms with Crippen LogP contribution in [0, 0.1) is 5.92 Å². The third-order valence-corrected chi connectivity index (χ3v) is 3.18. The first kappa shape index (κ1) is 13.7. The molecule has 0 spiro atoms. The number of aliphatic hydroxyl groups is 1. The molecule has 0 atom stereocenters. The standard InChI is InChI=1S/C15H21N3O/c1-4-12-5-7-13(8-6-12)18-15(9-11(2)3)14(10-19)16-17-18/h5-8,11,19H,4,9-10H2,1-3H3. The van der Waals surface area contributed by atoms with Gasteiger partial charge in [0.15, 0.2) is 0 Å². The molecule has 0 fully saturated rings. The Morgan fingerprint density at radius 3 is 2.42 bits per heavy atom. The van der Waals surface area contributed by atoms with Crippen LogP contribution in [0.15, 0.2) is 24.3 Å².